The molecule has 6 rings (SSSR count). The summed E-state index contributed by atoms with van der Waals surface area (Å²) in [6, 6.07) is 5.52. The number of rotatable bonds is 11. The third-order valence-electron chi connectivity index (χ3n) is 7.91. The lowest BCUT2D eigenvalue weighted by molar-refractivity contribution is -0.123. The Bertz CT molecular complexity index is 1930. The fourth-order valence-corrected chi connectivity index (χ4v) is 5.44. The first-order valence-electron chi connectivity index (χ1n) is 14.8. The van der Waals surface area contributed by atoms with Gasteiger partial charge in [-0.25, -0.2) is 18.6 Å². The maximum Gasteiger partial charge on any atom is 0.330 e. The van der Waals surface area contributed by atoms with Crippen molar-refractivity contribution in [3.63, 3.8) is 0 Å². The number of hydrogen-bond acceptors (Lipinski definition) is 11. The first-order valence-corrected chi connectivity index (χ1v) is 14.8. The molecular formula is C29H35F2N11O4. The summed E-state index contributed by atoms with van der Waals surface area (Å²) in [4.78, 5) is 40.3. The molecule has 0 unspecified atom stereocenters. The number of nitrogens with zero attached hydrogens (tertiary/aromatic N) is 9. The van der Waals surface area contributed by atoms with Crippen LogP contribution >= 0.6 is 0 Å². The second-order valence-electron chi connectivity index (χ2n) is 11.3. The van der Waals surface area contributed by atoms with Crippen LogP contribution in [0.15, 0.2) is 39.7 Å². The lowest BCUT2D eigenvalue weighted by Gasteiger charge is -2.36. The highest BCUT2D eigenvalue weighted by molar-refractivity contribution is 5.88. The number of furan rings is 1. The van der Waals surface area contributed by atoms with Crippen LogP contribution in [0, 0.1) is 11.6 Å². The number of hydrogen-bond donors (Lipinski definition) is 2. The Morgan fingerprint density at radius 1 is 1.11 bits per heavy atom. The molecule has 15 nitrogen and oxygen atoms in total. The Hall–Kier alpha value is -5.03. The topological polar surface area (TPSA) is 157 Å². The van der Waals surface area contributed by atoms with E-state index in [0.29, 0.717) is 80.8 Å². The summed E-state index contributed by atoms with van der Waals surface area (Å²) in [5.74, 6) is -1.32. The molecule has 1 aliphatic rings. The molecule has 0 spiro atoms. The maximum atomic E-state index is 14.8. The van der Waals surface area contributed by atoms with Gasteiger partial charge in [-0.05, 0) is 26.2 Å². The number of anilines is 2. The molecule has 1 fully saturated rings. The molecule has 46 heavy (non-hydrogen) atoms. The molecule has 0 radical (unpaired) electrons. The number of nitrogens with one attached hydrogen (secondary N) is 1. The molecule has 1 amide bonds. The molecule has 3 N–H and O–H groups in total. The average molecular weight is 640 g/mol. The number of carbonyl (C=O) groups excluding carboxylic acids is 1. The zero-order valence-electron chi connectivity index (χ0n) is 25.7. The molecular weight excluding hydrogens is 604 g/mol. The van der Waals surface area contributed by atoms with Gasteiger partial charge in [0, 0.05) is 71.5 Å². The molecule has 244 valence electrons. The lowest BCUT2D eigenvalue weighted by Crippen LogP contribution is -2.47. The Balaban J connectivity index is 1.11. The number of fused-ring (bicyclic) bond motifs is 3. The fraction of sp³-hybridized carbons (Fsp3) is 0.414. The van der Waals surface area contributed by atoms with Crippen LogP contribution in [0.3, 0.4) is 0 Å². The zero-order valence-corrected chi connectivity index (χ0v) is 25.7. The number of carbonyl (C=O) groups is 1. The number of halogens is 2. The van der Waals surface area contributed by atoms with Crippen LogP contribution in [0.2, 0.25) is 0 Å². The van der Waals surface area contributed by atoms with Crippen molar-refractivity contribution in [1.29, 1.82) is 0 Å². The van der Waals surface area contributed by atoms with E-state index in [1.165, 1.54) is 21.4 Å². The van der Waals surface area contributed by atoms with E-state index in [1.807, 2.05) is 19.0 Å². The van der Waals surface area contributed by atoms with Gasteiger partial charge < -0.3 is 30.0 Å². The van der Waals surface area contributed by atoms with E-state index in [9.17, 15) is 18.4 Å². The molecule has 1 aliphatic heterocycles. The Labute approximate surface area is 261 Å². The van der Waals surface area contributed by atoms with Crippen LogP contribution in [0.1, 0.15) is 0 Å². The van der Waals surface area contributed by atoms with E-state index >= 15 is 0 Å². The van der Waals surface area contributed by atoms with Gasteiger partial charge in [-0.1, -0.05) is 0 Å². The number of imidazole rings is 1. The van der Waals surface area contributed by atoms with Crippen molar-refractivity contribution in [2.75, 3.05) is 77.1 Å². The SMILES string of the molecule is CN(C)CCNC(=O)COc1cc(N2CCN(CCn3c(=O)n(C)c4c3nc(N)n3nc(-c5ccco5)nc43)CC2)c(F)cc1F. The number of amides is 1. The Kier molecular flexibility index (Phi) is 8.59. The number of aryl methyl sites for hydroxylation is 1. The van der Waals surface area contributed by atoms with Crippen molar-refractivity contribution < 1.29 is 22.7 Å². The van der Waals surface area contributed by atoms with Gasteiger partial charge in [-0.2, -0.15) is 9.50 Å². The van der Waals surface area contributed by atoms with Gasteiger partial charge >= 0.3 is 5.69 Å². The van der Waals surface area contributed by atoms with Gasteiger partial charge in [0.1, 0.15) is 11.3 Å². The van der Waals surface area contributed by atoms with Crippen LogP contribution in [0.4, 0.5) is 20.4 Å². The highest BCUT2D eigenvalue weighted by Gasteiger charge is 2.24. The molecule has 17 heteroatoms. The molecule has 1 saturated heterocycles. The van der Waals surface area contributed by atoms with E-state index in [4.69, 9.17) is 14.9 Å². The minimum atomic E-state index is -0.878. The van der Waals surface area contributed by atoms with E-state index in [0.717, 1.165) is 6.07 Å². The number of nitrogens with two attached hydrogens (primary N) is 1. The molecule has 0 atom stereocenters. The number of benzene rings is 1. The predicted octanol–water partition coefficient (Wildman–Crippen LogP) is 0.777. The lowest BCUT2D eigenvalue weighted by atomic mass is 10.2. The number of likely N-dealkylation sites (N-methyl/N-ethyl adjacent to an activating group) is 1. The largest absolute Gasteiger partial charge is 0.481 e. The highest BCUT2D eigenvalue weighted by atomic mass is 19.1. The van der Waals surface area contributed by atoms with Crippen molar-refractivity contribution >= 4 is 34.4 Å². The molecule has 1 aromatic carbocycles. The standard InChI is InChI=1S/C29H35F2N11O4/c1-37(2)7-6-33-23(43)17-46-22-16-20(18(30)15-19(22)31)40-11-8-39(9-12-40)10-13-41-26-24(38(3)29(41)44)27-34-25(21-5-4-14-45-21)36-42(27)28(32)35-26/h4-5,14-16H,6-13,17H2,1-3H3,(H2,32,35)(H,33,43). The number of nitrogen functional groups attached to an aromatic ring is 1. The third-order valence-corrected chi connectivity index (χ3v) is 7.91. The third kappa shape index (κ3) is 6.10. The van der Waals surface area contributed by atoms with Crippen LogP contribution in [-0.4, -0.2) is 111 Å². The molecule has 0 bridgehead atoms. The summed E-state index contributed by atoms with van der Waals surface area (Å²) < 4.78 is 44.5. The maximum absolute atomic E-state index is 14.8. The molecule has 5 heterocycles. The predicted molar refractivity (Wildman–Crippen MR) is 166 cm³/mol. The van der Waals surface area contributed by atoms with E-state index in [2.05, 4.69) is 25.3 Å². The number of ether oxygens (including phenoxy) is 1. The van der Waals surface area contributed by atoms with Crippen molar-refractivity contribution in [2.45, 2.75) is 6.54 Å². The van der Waals surface area contributed by atoms with Crippen LogP contribution in [0.25, 0.3) is 28.4 Å². The van der Waals surface area contributed by atoms with Gasteiger partial charge in [0.05, 0.1) is 12.0 Å². The molecule has 0 saturated carbocycles. The van der Waals surface area contributed by atoms with Gasteiger partial charge in [-0.15, -0.1) is 5.10 Å². The van der Waals surface area contributed by atoms with Gasteiger partial charge in [0.2, 0.25) is 11.8 Å². The van der Waals surface area contributed by atoms with Crippen molar-refractivity contribution in [1.82, 2.24) is 43.8 Å². The minimum Gasteiger partial charge on any atom is -0.481 e. The van der Waals surface area contributed by atoms with Crippen molar-refractivity contribution in [3.8, 4) is 17.3 Å². The summed E-state index contributed by atoms with van der Waals surface area (Å²) in [5.41, 5.74) is 7.40. The van der Waals surface area contributed by atoms with E-state index in [1.54, 1.807) is 28.6 Å². The van der Waals surface area contributed by atoms with Gasteiger partial charge in [-0.3, -0.25) is 18.8 Å². The summed E-state index contributed by atoms with van der Waals surface area (Å²) >= 11 is 0. The molecule has 0 aliphatic carbocycles. The Morgan fingerprint density at radius 2 is 1.89 bits per heavy atom. The van der Waals surface area contributed by atoms with Gasteiger partial charge in [0.25, 0.3) is 5.91 Å². The molecule has 5 aromatic rings. The number of aromatic nitrogens is 6. The molecule has 4 aromatic heterocycles. The van der Waals surface area contributed by atoms with E-state index < -0.39 is 17.5 Å². The van der Waals surface area contributed by atoms with Crippen molar-refractivity contribution in [3.05, 3.63) is 52.6 Å². The summed E-state index contributed by atoms with van der Waals surface area (Å²) in [7, 11) is 5.41. The quantitative estimate of drug-likeness (QED) is 0.211. The normalized spacial score (nSPS) is 14.2. The zero-order chi connectivity index (χ0) is 32.5. The second kappa shape index (κ2) is 12.8. The first-order chi connectivity index (χ1) is 22.1. The van der Waals surface area contributed by atoms with Crippen LogP contribution in [-0.2, 0) is 18.4 Å². The highest BCUT2D eigenvalue weighted by Crippen LogP contribution is 2.29. The first kappa shape index (κ1) is 31.0. The van der Waals surface area contributed by atoms with Crippen LogP contribution < -0.4 is 26.4 Å². The summed E-state index contributed by atoms with van der Waals surface area (Å²) in [6.07, 6.45) is 1.52. The van der Waals surface area contributed by atoms with Gasteiger partial charge in [0.15, 0.2) is 35.2 Å². The van der Waals surface area contributed by atoms with Crippen LogP contribution in [0.5, 0.6) is 5.75 Å². The second-order valence-corrected chi connectivity index (χ2v) is 11.3. The average Bonchev–Trinajstić information content (AvgIpc) is 3.76. The number of piperazine rings is 1. The summed E-state index contributed by atoms with van der Waals surface area (Å²) in [5, 5.41) is 7.09. The van der Waals surface area contributed by atoms with E-state index in [-0.39, 0.29) is 29.7 Å². The smallest absolute Gasteiger partial charge is 0.330 e. The minimum absolute atomic E-state index is 0.0791. The fourth-order valence-electron chi connectivity index (χ4n) is 5.44. The summed E-state index contributed by atoms with van der Waals surface area (Å²) in [6.45, 7) is 3.59. The van der Waals surface area contributed by atoms with Crippen molar-refractivity contribution in [2.24, 2.45) is 7.05 Å². The Morgan fingerprint density at radius 3 is 2.61 bits per heavy atom. The monoisotopic (exact) mass is 639 g/mol.